The number of halogens is 2. The van der Waals surface area contributed by atoms with Gasteiger partial charge in [0.2, 0.25) is 5.91 Å². The number of urea groups is 1. The quantitative estimate of drug-likeness (QED) is 0.578. The zero-order valence-corrected chi connectivity index (χ0v) is 18.6. The van der Waals surface area contributed by atoms with Crippen molar-refractivity contribution >= 4 is 11.9 Å². The van der Waals surface area contributed by atoms with Crippen LogP contribution in [0.3, 0.4) is 0 Å². The number of nitriles is 1. The van der Waals surface area contributed by atoms with Gasteiger partial charge >= 0.3 is 6.03 Å². The highest BCUT2D eigenvalue weighted by Crippen LogP contribution is 2.42. The lowest BCUT2D eigenvalue weighted by Gasteiger charge is -2.54. The van der Waals surface area contributed by atoms with Crippen LogP contribution in [0.4, 0.5) is 13.6 Å². The van der Waals surface area contributed by atoms with Gasteiger partial charge in [-0.05, 0) is 50.4 Å². The number of aromatic nitrogens is 1. The summed E-state index contributed by atoms with van der Waals surface area (Å²) in [6.45, 7) is 2.93. The van der Waals surface area contributed by atoms with Crippen molar-refractivity contribution in [2.24, 2.45) is 5.41 Å². The Bertz CT molecular complexity index is 886. The van der Waals surface area contributed by atoms with Crippen molar-refractivity contribution in [2.45, 2.75) is 56.5 Å². The molecule has 0 bridgehead atoms. The molecule has 0 unspecified atom stereocenters. The Labute approximate surface area is 192 Å². The first kappa shape index (κ1) is 23.4. The molecule has 2 N–H and O–H groups in total. The molecule has 8 nitrogen and oxygen atoms in total. The summed E-state index contributed by atoms with van der Waals surface area (Å²) in [7, 11) is 0. The predicted octanol–water partition coefficient (Wildman–Crippen LogP) is 1.93. The van der Waals surface area contributed by atoms with E-state index in [1.807, 2.05) is 0 Å². The number of hydrogen-bond donors (Lipinski definition) is 2. The predicted molar refractivity (Wildman–Crippen MR) is 116 cm³/mol. The van der Waals surface area contributed by atoms with Gasteiger partial charge in [0.15, 0.2) is 0 Å². The maximum Gasteiger partial charge on any atom is 0.318 e. The molecule has 3 amide bonds. The lowest BCUT2D eigenvalue weighted by Crippen LogP contribution is -2.65. The fourth-order valence-corrected chi connectivity index (χ4v) is 4.90. The number of rotatable bonds is 8. The molecule has 3 aliphatic rings. The first-order valence-corrected chi connectivity index (χ1v) is 11.5. The van der Waals surface area contributed by atoms with Crippen molar-refractivity contribution in [1.29, 1.82) is 5.26 Å². The van der Waals surface area contributed by atoms with E-state index in [4.69, 9.17) is 5.26 Å². The molecular formula is C23H30F2N6O2. The summed E-state index contributed by atoms with van der Waals surface area (Å²) in [5.74, 6) is -4.03. The highest BCUT2D eigenvalue weighted by molar-refractivity contribution is 5.87. The van der Waals surface area contributed by atoms with Gasteiger partial charge in [-0.2, -0.15) is 5.26 Å². The van der Waals surface area contributed by atoms with Crippen LogP contribution in [0, 0.1) is 16.7 Å². The Kier molecular flexibility index (Phi) is 6.79. The van der Waals surface area contributed by atoms with E-state index in [0.717, 1.165) is 32.0 Å². The number of amides is 3. The summed E-state index contributed by atoms with van der Waals surface area (Å²) in [6, 6.07) is 3.65. The number of pyridine rings is 1. The fourth-order valence-electron chi connectivity index (χ4n) is 4.90. The van der Waals surface area contributed by atoms with Crippen LogP contribution in [-0.2, 0) is 11.2 Å². The molecule has 1 aromatic rings. The largest absolute Gasteiger partial charge is 0.341 e. The average Bonchev–Trinajstić information content (AvgIpc) is 3.61. The highest BCUT2D eigenvalue weighted by atomic mass is 19.3. The number of carbonyl (C=O) groups is 2. The monoisotopic (exact) mass is 460 g/mol. The van der Waals surface area contributed by atoms with E-state index in [1.54, 1.807) is 17.0 Å². The lowest BCUT2D eigenvalue weighted by atomic mass is 9.72. The van der Waals surface area contributed by atoms with E-state index >= 15 is 0 Å². The Morgan fingerprint density at radius 3 is 2.64 bits per heavy atom. The van der Waals surface area contributed by atoms with E-state index in [0.29, 0.717) is 18.7 Å². The summed E-state index contributed by atoms with van der Waals surface area (Å²) in [6.07, 6.45) is 6.01. The molecule has 0 radical (unpaired) electrons. The zero-order valence-electron chi connectivity index (χ0n) is 18.6. The summed E-state index contributed by atoms with van der Waals surface area (Å²) in [5.41, 5.74) is 0.443. The van der Waals surface area contributed by atoms with Gasteiger partial charge in [0.1, 0.15) is 12.6 Å². The van der Waals surface area contributed by atoms with Crippen molar-refractivity contribution < 1.29 is 18.4 Å². The fraction of sp³-hybridized carbons (Fsp3) is 0.652. The number of carbonyl (C=O) groups excluding carboxylic acids is 2. The minimum absolute atomic E-state index is 0.103. The molecule has 4 rings (SSSR count). The molecule has 0 aromatic carbocycles. The minimum atomic E-state index is -3.24. The van der Waals surface area contributed by atoms with Crippen LogP contribution in [-0.4, -0.2) is 77.5 Å². The van der Waals surface area contributed by atoms with E-state index < -0.39 is 36.7 Å². The van der Waals surface area contributed by atoms with Crippen LogP contribution in [0.15, 0.2) is 24.5 Å². The van der Waals surface area contributed by atoms with Crippen molar-refractivity contribution in [3.63, 3.8) is 0 Å². The summed E-state index contributed by atoms with van der Waals surface area (Å²) >= 11 is 0. The molecule has 1 saturated carbocycles. The van der Waals surface area contributed by atoms with Gasteiger partial charge in [-0.3, -0.25) is 9.78 Å². The first-order chi connectivity index (χ1) is 15.8. The Balaban J connectivity index is 1.32. The third-order valence-electron chi connectivity index (χ3n) is 6.91. The molecule has 1 aliphatic carbocycles. The van der Waals surface area contributed by atoms with Gasteiger partial charge < -0.3 is 20.4 Å². The van der Waals surface area contributed by atoms with Gasteiger partial charge in [0, 0.05) is 49.8 Å². The average molecular weight is 461 g/mol. The van der Waals surface area contributed by atoms with Crippen LogP contribution in [0.2, 0.25) is 0 Å². The standard InChI is InChI=1S/C23H30F2N6O2/c24-23(25,12-17-2-1-8-27-14-17)13-19(20(32)28-9-7-26)29-21(33)31-15-22(16-31)5-10-30(11-6-22)18-3-4-18/h1-2,8,14,18-19H,3-6,9-13,15-16H2,(H,28,32)(H,29,33)/t19-/m0/s1. The number of hydrogen-bond acceptors (Lipinski definition) is 5. The normalized spacial score (nSPS) is 21.1. The molecule has 33 heavy (non-hydrogen) atoms. The number of alkyl halides is 2. The number of piperidine rings is 1. The smallest absolute Gasteiger partial charge is 0.318 e. The molecule has 178 valence electrons. The van der Waals surface area contributed by atoms with E-state index in [9.17, 15) is 18.4 Å². The van der Waals surface area contributed by atoms with E-state index in [1.165, 1.54) is 31.3 Å². The Morgan fingerprint density at radius 1 is 1.30 bits per heavy atom. The van der Waals surface area contributed by atoms with Crippen molar-refractivity contribution in [1.82, 2.24) is 25.4 Å². The topological polar surface area (TPSA) is 101 Å². The number of nitrogens with zero attached hydrogens (tertiary/aromatic N) is 4. The van der Waals surface area contributed by atoms with Gasteiger partial charge in [-0.15, -0.1) is 0 Å². The molecule has 1 spiro atoms. The number of likely N-dealkylation sites (tertiary alicyclic amines) is 2. The van der Waals surface area contributed by atoms with Gasteiger partial charge in [0.25, 0.3) is 5.92 Å². The third kappa shape index (κ3) is 5.96. The van der Waals surface area contributed by atoms with E-state index in [-0.39, 0.29) is 12.0 Å². The van der Waals surface area contributed by atoms with Crippen molar-refractivity contribution in [2.75, 3.05) is 32.7 Å². The summed E-state index contributed by atoms with van der Waals surface area (Å²) in [5, 5.41) is 13.5. The Hall–Kier alpha value is -2.80. The van der Waals surface area contributed by atoms with Crippen LogP contribution >= 0.6 is 0 Å². The van der Waals surface area contributed by atoms with Crippen LogP contribution in [0.5, 0.6) is 0 Å². The number of nitrogens with one attached hydrogen (secondary N) is 2. The molecule has 1 aromatic heterocycles. The SMILES string of the molecule is N#CCNC(=O)[C@H](CC(F)(F)Cc1cccnc1)NC(=O)N1CC2(CCN(C3CC3)CC2)C1. The van der Waals surface area contributed by atoms with Gasteiger partial charge in [0.05, 0.1) is 6.07 Å². The van der Waals surface area contributed by atoms with E-state index in [2.05, 4.69) is 20.5 Å². The first-order valence-electron chi connectivity index (χ1n) is 11.5. The van der Waals surface area contributed by atoms with Crippen LogP contribution < -0.4 is 10.6 Å². The summed E-state index contributed by atoms with van der Waals surface area (Å²) in [4.78, 5) is 33.2. The molecule has 3 heterocycles. The van der Waals surface area contributed by atoms with Crippen molar-refractivity contribution in [3.8, 4) is 6.07 Å². The highest BCUT2D eigenvalue weighted by Gasteiger charge is 2.48. The second kappa shape index (κ2) is 9.59. The third-order valence-corrected chi connectivity index (χ3v) is 6.91. The van der Waals surface area contributed by atoms with Crippen LogP contribution in [0.1, 0.15) is 37.7 Å². The molecular weight excluding hydrogens is 430 g/mol. The van der Waals surface area contributed by atoms with Crippen molar-refractivity contribution in [3.05, 3.63) is 30.1 Å². The van der Waals surface area contributed by atoms with Crippen LogP contribution in [0.25, 0.3) is 0 Å². The van der Waals surface area contributed by atoms with Gasteiger partial charge in [-0.25, -0.2) is 13.6 Å². The maximum absolute atomic E-state index is 14.7. The molecule has 1 atom stereocenters. The Morgan fingerprint density at radius 2 is 2.03 bits per heavy atom. The molecule has 2 aliphatic heterocycles. The second-order valence-corrected chi connectivity index (χ2v) is 9.60. The van der Waals surface area contributed by atoms with Gasteiger partial charge in [-0.1, -0.05) is 6.07 Å². The zero-order chi connectivity index (χ0) is 23.5. The lowest BCUT2D eigenvalue weighted by molar-refractivity contribution is -0.125. The molecule has 10 heteroatoms. The maximum atomic E-state index is 14.7. The molecule has 2 saturated heterocycles. The second-order valence-electron chi connectivity index (χ2n) is 9.60. The summed E-state index contributed by atoms with van der Waals surface area (Å²) < 4.78 is 29.5. The molecule has 3 fully saturated rings. The minimum Gasteiger partial charge on any atom is -0.341 e.